The lowest BCUT2D eigenvalue weighted by Crippen LogP contribution is -2.39. The predicted octanol–water partition coefficient (Wildman–Crippen LogP) is 4.05. The van der Waals surface area contributed by atoms with Gasteiger partial charge >= 0.3 is 17.9 Å². The van der Waals surface area contributed by atoms with Crippen LogP contribution in [-0.2, 0) is 11.3 Å². The summed E-state index contributed by atoms with van der Waals surface area (Å²) in [5.74, 6) is 0.473. The normalized spacial score (nSPS) is 20.0. The molecule has 2 aromatic rings. The lowest BCUT2D eigenvalue weighted by atomic mass is 9.99. The van der Waals surface area contributed by atoms with E-state index in [1.807, 2.05) is 52.0 Å². The lowest BCUT2D eigenvalue weighted by Gasteiger charge is -2.29. The first kappa shape index (κ1) is 22.6. The number of hydrogen-bond acceptors (Lipinski definition) is 7. The number of carbonyl (C=O) groups excluding carboxylic acids is 1. The second kappa shape index (κ2) is 8.42. The summed E-state index contributed by atoms with van der Waals surface area (Å²) in [5, 5.41) is 10.8. The summed E-state index contributed by atoms with van der Waals surface area (Å²) in [5.41, 5.74) is 1.10. The van der Waals surface area contributed by atoms with Crippen molar-refractivity contribution in [1.29, 1.82) is 0 Å². The molecular formula is C23H28N4O6. The zero-order valence-electron chi connectivity index (χ0n) is 19.2. The van der Waals surface area contributed by atoms with E-state index in [4.69, 9.17) is 14.2 Å². The highest BCUT2D eigenvalue weighted by molar-refractivity contribution is 5.72. The Hall–Kier alpha value is -3.56. The first-order valence-electron chi connectivity index (χ1n) is 10.8. The van der Waals surface area contributed by atoms with Gasteiger partial charge in [-0.1, -0.05) is 18.2 Å². The molecule has 0 aliphatic carbocycles. The molecule has 33 heavy (non-hydrogen) atoms. The fourth-order valence-electron chi connectivity index (χ4n) is 3.78. The van der Waals surface area contributed by atoms with Crippen molar-refractivity contribution >= 4 is 17.5 Å². The number of hydrogen-bond donors (Lipinski definition) is 0. The topological polar surface area (TPSA) is 109 Å². The van der Waals surface area contributed by atoms with Crippen molar-refractivity contribution in [1.82, 2.24) is 14.5 Å². The number of imidazole rings is 1. The lowest BCUT2D eigenvalue weighted by molar-refractivity contribution is -0.389. The van der Waals surface area contributed by atoms with Crippen molar-refractivity contribution in [2.45, 2.75) is 51.9 Å². The van der Waals surface area contributed by atoms with Gasteiger partial charge in [-0.15, -0.1) is 0 Å². The van der Waals surface area contributed by atoms with Gasteiger partial charge in [0.25, 0.3) is 0 Å². The van der Waals surface area contributed by atoms with Gasteiger partial charge in [0.2, 0.25) is 0 Å². The fraction of sp³-hybridized carbons (Fsp3) is 0.478. The second-order valence-electron chi connectivity index (χ2n) is 9.54. The van der Waals surface area contributed by atoms with E-state index in [0.717, 1.165) is 12.0 Å². The van der Waals surface area contributed by atoms with E-state index < -0.39 is 16.1 Å². The third-order valence-electron chi connectivity index (χ3n) is 5.39. The number of aromatic nitrogens is 2. The standard InChI is InChI=1S/C23H28N4O6/c1-22(2,3)33-21(28)25-11-9-17(10-12-25)16-5-7-18(8-6-16)31-15-23(4)14-26-13-19(27(29)30)24-20(26)32-23/h5-9,13H,10-12,14-15H2,1-4H3. The van der Waals surface area contributed by atoms with Crippen LogP contribution in [0, 0.1) is 10.1 Å². The molecule has 2 aliphatic rings. The number of benzene rings is 1. The third kappa shape index (κ3) is 5.27. The van der Waals surface area contributed by atoms with E-state index in [-0.39, 0.29) is 24.5 Å². The largest absolute Gasteiger partial charge is 0.489 e. The molecule has 0 radical (unpaired) electrons. The molecular weight excluding hydrogens is 428 g/mol. The SMILES string of the molecule is CC(C)(C)OC(=O)N1CC=C(c2ccc(OCC3(C)Cn4cc([N+](=O)[O-])nc4O3)cc2)CC1. The van der Waals surface area contributed by atoms with Crippen molar-refractivity contribution in [3.63, 3.8) is 0 Å². The third-order valence-corrected chi connectivity index (χ3v) is 5.39. The fourth-order valence-corrected chi connectivity index (χ4v) is 3.78. The van der Waals surface area contributed by atoms with Gasteiger partial charge in [-0.05, 0) is 62.3 Å². The molecule has 0 N–H and O–H groups in total. The minimum atomic E-state index is -0.660. The Kier molecular flexibility index (Phi) is 5.77. The molecule has 176 valence electrons. The van der Waals surface area contributed by atoms with Crippen LogP contribution in [0.5, 0.6) is 11.8 Å². The Labute approximate surface area is 191 Å². The molecule has 0 fully saturated rings. The van der Waals surface area contributed by atoms with Crippen LogP contribution >= 0.6 is 0 Å². The van der Waals surface area contributed by atoms with Gasteiger partial charge in [0.1, 0.15) is 24.2 Å². The minimum absolute atomic E-state index is 0.227. The summed E-state index contributed by atoms with van der Waals surface area (Å²) in [7, 11) is 0. The molecule has 2 aliphatic heterocycles. The van der Waals surface area contributed by atoms with Gasteiger partial charge in [0.05, 0.1) is 6.54 Å². The van der Waals surface area contributed by atoms with E-state index in [0.29, 0.717) is 25.4 Å². The van der Waals surface area contributed by atoms with Crippen LogP contribution in [0.3, 0.4) is 0 Å². The van der Waals surface area contributed by atoms with Crippen LogP contribution in [-0.4, -0.2) is 56.4 Å². The van der Waals surface area contributed by atoms with Crippen LogP contribution in [0.15, 0.2) is 36.5 Å². The highest BCUT2D eigenvalue weighted by atomic mass is 16.6. The van der Waals surface area contributed by atoms with Crippen LogP contribution < -0.4 is 9.47 Å². The van der Waals surface area contributed by atoms with E-state index >= 15 is 0 Å². The van der Waals surface area contributed by atoms with Crippen LogP contribution in [0.4, 0.5) is 10.6 Å². The molecule has 10 heteroatoms. The Bertz CT molecular complexity index is 1060. The minimum Gasteiger partial charge on any atom is -0.489 e. The second-order valence-corrected chi connectivity index (χ2v) is 9.54. The molecule has 3 heterocycles. The average molecular weight is 456 g/mol. The molecule has 4 rings (SSSR count). The summed E-state index contributed by atoms with van der Waals surface area (Å²) in [6.45, 7) is 9.29. The summed E-state index contributed by atoms with van der Waals surface area (Å²) in [4.78, 5) is 28.1. The number of nitro groups is 1. The van der Waals surface area contributed by atoms with Gasteiger partial charge in [-0.3, -0.25) is 4.57 Å². The monoisotopic (exact) mass is 456 g/mol. The number of amides is 1. The summed E-state index contributed by atoms with van der Waals surface area (Å²) in [6, 6.07) is 8.02. The zero-order chi connectivity index (χ0) is 23.8. The van der Waals surface area contributed by atoms with Gasteiger partial charge < -0.3 is 29.2 Å². The quantitative estimate of drug-likeness (QED) is 0.493. The van der Waals surface area contributed by atoms with E-state index in [2.05, 4.69) is 11.1 Å². The van der Waals surface area contributed by atoms with E-state index in [9.17, 15) is 14.9 Å². The zero-order valence-corrected chi connectivity index (χ0v) is 19.2. The van der Waals surface area contributed by atoms with Crippen LogP contribution in [0.25, 0.3) is 5.57 Å². The Morgan fingerprint density at radius 2 is 2.03 bits per heavy atom. The van der Waals surface area contributed by atoms with Gasteiger partial charge in [0, 0.05) is 18.1 Å². The summed E-state index contributed by atoms with van der Waals surface area (Å²) < 4.78 is 18.8. The number of fused-ring (bicyclic) bond motifs is 1. The maximum Gasteiger partial charge on any atom is 0.415 e. The first-order valence-corrected chi connectivity index (χ1v) is 10.8. The van der Waals surface area contributed by atoms with Crippen molar-refractivity contribution < 1.29 is 23.9 Å². The molecule has 1 aromatic heterocycles. The molecule has 0 saturated carbocycles. The van der Waals surface area contributed by atoms with Crippen molar-refractivity contribution in [2.75, 3.05) is 19.7 Å². The Morgan fingerprint density at radius 3 is 2.61 bits per heavy atom. The molecule has 0 spiro atoms. The number of nitrogens with zero attached hydrogens (tertiary/aromatic N) is 4. The van der Waals surface area contributed by atoms with Gasteiger partial charge in [0.15, 0.2) is 5.60 Å². The summed E-state index contributed by atoms with van der Waals surface area (Å²) in [6.07, 6.45) is 3.89. The highest BCUT2D eigenvalue weighted by Crippen LogP contribution is 2.32. The Balaban J connectivity index is 1.30. The molecule has 1 atom stereocenters. The molecule has 1 amide bonds. The predicted molar refractivity (Wildman–Crippen MR) is 120 cm³/mol. The highest BCUT2D eigenvalue weighted by Gasteiger charge is 2.41. The molecule has 10 nitrogen and oxygen atoms in total. The van der Waals surface area contributed by atoms with Crippen molar-refractivity contribution in [2.24, 2.45) is 0 Å². The molecule has 0 bridgehead atoms. The Morgan fingerprint density at radius 1 is 1.30 bits per heavy atom. The smallest absolute Gasteiger partial charge is 0.415 e. The molecule has 1 aromatic carbocycles. The first-order chi connectivity index (χ1) is 15.5. The molecule has 1 unspecified atom stereocenters. The number of carbonyl (C=O) groups is 1. The number of rotatable bonds is 5. The van der Waals surface area contributed by atoms with E-state index in [1.54, 1.807) is 9.47 Å². The van der Waals surface area contributed by atoms with Gasteiger partial charge in [-0.25, -0.2) is 4.79 Å². The summed E-state index contributed by atoms with van der Waals surface area (Å²) >= 11 is 0. The van der Waals surface area contributed by atoms with Crippen molar-refractivity contribution in [3.05, 3.63) is 52.2 Å². The molecule has 0 saturated heterocycles. The van der Waals surface area contributed by atoms with Crippen LogP contribution in [0.1, 0.15) is 39.7 Å². The maximum absolute atomic E-state index is 12.2. The van der Waals surface area contributed by atoms with Crippen molar-refractivity contribution in [3.8, 4) is 11.8 Å². The average Bonchev–Trinajstić information content (AvgIpc) is 3.27. The van der Waals surface area contributed by atoms with E-state index in [1.165, 1.54) is 11.8 Å². The van der Waals surface area contributed by atoms with Gasteiger partial charge in [-0.2, -0.15) is 0 Å². The maximum atomic E-state index is 12.2. The van der Waals surface area contributed by atoms with Crippen LogP contribution in [0.2, 0.25) is 0 Å². The number of ether oxygens (including phenoxy) is 3.